The third kappa shape index (κ3) is 4.15. The lowest BCUT2D eigenvalue weighted by Gasteiger charge is -1.75. The van der Waals surface area contributed by atoms with Gasteiger partial charge in [0.1, 0.15) is 0 Å². The number of rotatable bonds is 0. The van der Waals surface area contributed by atoms with E-state index < -0.39 is 0 Å². The molecule has 0 fully saturated rings. The van der Waals surface area contributed by atoms with E-state index in [2.05, 4.69) is 0 Å². The lowest BCUT2D eigenvalue weighted by Crippen LogP contribution is -1.57. The number of hydrogen-bond acceptors (Lipinski definition) is 0. The standard InChI is InChI=1S/C11H11/c1-2-4-6-8-10-11-9-7-5-3-1/h1-11H/b2-1-,5-3-,6-4-,9-7-,10-8-. The van der Waals surface area contributed by atoms with E-state index in [1.54, 1.807) is 0 Å². The van der Waals surface area contributed by atoms with Gasteiger partial charge in [-0.3, -0.25) is 0 Å². The first-order valence-electron chi connectivity index (χ1n) is 3.67. The van der Waals surface area contributed by atoms with Gasteiger partial charge in [-0.1, -0.05) is 60.8 Å². The molecule has 0 amide bonds. The Morgan fingerprint density at radius 1 is 0.273 bits per heavy atom. The fourth-order valence-electron chi connectivity index (χ4n) is 0.706. The lowest BCUT2D eigenvalue weighted by atomic mass is 10.3. The largest absolute Gasteiger partial charge is 0.0767 e. The maximum absolute atomic E-state index is 2.00. The van der Waals surface area contributed by atoms with Crippen molar-refractivity contribution in [3.63, 3.8) is 0 Å². The van der Waals surface area contributed by atoms with Gasteiger partial charge in [0.2, 0.25) is 0 Å². The average Bonchev–Trinajstić information content (AvgIpc) is 2.08. The van der Waals surface area contributed by atoms with Crippen LogP contribution in [0.15, 0.2) is 60.8 Å². The smallest absolute Gasteiger partial charge is 0.00506 e. The summed E-state index contributed by atoms with van der Waals surface area (Å²) in [5.41, 5.74) is 0. The van der Waals surface area contributed by atoms with E-state index in [4.69, 9.17) is 0 Å². The van der Waals surface area contributed by atoms with E-state index in [9.17, 15) is 0 Å². The van der Waals surface area contributed by atoms with Crippen LogP contribution in [0.2, 0.25) is 0 Å². The van der Waals surface area contributed by atoms with Crippen LogP contribution < -0.4 is 0 Å². The predicted molar refractivity (Wildman–Crippen MR) is 50.0 cm³/mol. The molecule has 0 heteroatoms. The molecule has 0 unspecified atom stereocenters. The molecule has 0 spiro atoms. The highest BCUT2D eigenvalue weighted by atomic mass is 13.8. The Morgan fingerprint density at radius 3 is 0.909 bits per heavy atom. The minimum atomic E-state index is 2.00. The highest BCUT2D eigenvalue weighted by molar-refractivity contribution is 5.23. The Bertz CT molecular complexity index is 200. The SMILES string of the molecule is [CH]1\C=C/C=C\C=C/C=C\C=C/1. The van der Waals surface area contributed by atoms with Gasteiger partial charge in [-0.25, -0.2) is 0 Å². The van der Waals surface area contributed by atoms with Crippen LogP contribution >= 0.6 is 0 Å². The summed E-state index contributed by atoms with van der Waals surface area (Å²) in [5, 5.41) is 0. The molecule has 0 aromatic carbocycles. The maximum atomic E-state index is 2.00. The quantitative estimate of drug-likeness (QED) is 0.489. The van der Waals surface area contributed by atoms with E-state index in [0.717, 1.165) is 0 Å². The van der Waals surface area contributed by atoms with Gasteiger partial charge in [-0.15, -0.1) is 0 Å². The van der Waals surface area contributed by atoms with Crippen molar-refractivity contribution in [2.75, 3.05) is 0 Å². The van der Waals surface area contributed by atoms with E-state index in [1.807, 2.05) is 67.2 Å². The first kappa shape index (κ1) is 7.80. The van der Waals surface area contributed by atoms with Crippen LogP contribution in [0.5, 0.6) is 0 Å². The molecular weight excluding hydrogens is 132 g/mol. The van der Waals surface area contributed by atoms with Crippen molar-refractivity contribution >= 4 is 0 Å². The van der Waals surface area contributed by atoms with Gasteiger partial charge >= 0.3 is 0 Å². The van der Waals surface area contributed by atoms with Crippen molar-refractivity contribution in [2.45, 2.75) is 0 Å². The molecule has 0 bridgehead atoms. The number of allylic oxidation sites excluding steroid dienone is 10. The molecule has 0 atom stereocenters. The monoisotopic (exact) mass is 143 g/mol. The van der Waals surface area contributed by atoms with Crippen LogP contribution in [0.3, 0.4) is 0 Å². The molecule has 0 nitrogen and oxygen atoms in total. The first-order valence-corrected chi connectivity index (χ1v) is 3.67. The zero-order valence-corrected chi connectivity index (χ0v) is 6.35. The molecule has 0 saturated heterocycles. The van der Waals surface area contributed by atoms with Gasteiger partial charge in [-0.2, -0.15) is 0 Å². The van der Waals surface area contributed by atoms with Crippen molar-refractivity contribution in [1.82, 2.24) is 0 Å². The fourth-order valence-corrected chi connectivity index (χ4v) is 0.706. The Hall–Kier alpha value is -1.30. The maximum Gasteiger partial charge on any atom is 0.00506 e. The third-order valence-electron chi connectivity index (χ3n) is 1.22. The molecule has 55 valence electrons. The van der Waals surface area contributed by atoms with Crippen LogP contribution in [0.4, 0.5) is 0 Å². The third-order valence-corrected chi connectivity index (χ3v) is 1.22. The van der Waals surface area contributed by atoms with Gasteiger partial charge in [0.05, 0.1) is 0 Å². The highest BCUT2D eigenvalue weighted by Crippen LogP contribution is 1.90. The van der Waals surface area contributed by atoms with E-state index >= 15 is 0 Å². The molecule has 0 heterocycles. The molecular formula is C11H11. The summed E-state index contributed by atoms with van der Waals surface area (Å²) >= 11 is 0. The minimum absolute atomic E-state index is 2.00. The van der Waals surface area contributed by atoms with Crippen molar-refractivity contribution in [2.24, 2.45) is 0 Å². The highest BCUT2D eigenvalue weighted by Gasteiger charge is 1.70. The Labute approximate surface area is 67.9 Å². The molecule has 1 aliphatic carbocycles. The zero-order chi connectivity index (χ0) is 7.78. The van der Waals surface area contributed by atoms with Gasteiger partial charge < -0.3 is 0 Å². The lowest BCUT2D eigenvalue weighted by molar-refractivity contribution is 1.73. The normalized spacial score (nSPS) is 31.3. The summed E-state index contributed by atoms with van der Waals surface area (Å²) < 4.78 is 0. The Morgan fingerprint density at radius 2 is 0.545 bits per heavy atom. The summed E-state index contributed by atoms with van der Waals surface area (Å²) in [7, 11) is 0. The minimum Gasteiger partial charge on any atom is -0.0767 e. The summed E-state index contributed by atoms with van der Waals surface area (Å²) in [5.74, 6) is 0. The van der Waals surface area contributed by atoms with Crippen LogP contribution in [0, 0.1) is 6.42 Å². The predicted octanol–water partition coefficient (Wildman–Crippen LogP) is 2.99. The molecule has 0 saturated carbocycles. The van der Waals surface area contributed by atoms with Crippen LogP contribution in [0.1, 0.15) is 0 Å². The average molecular weight is 143 g/mol. The van der Waals surface area contributed by atoms with Crippen molar-refractivity contribution in [3.05, 3.63) is 67.2 Å². The second kappa shape index (κ2) is 5.48. The molecule has 0 aromatic rings. The molecule has 1 aliphatic rings. The molecule has 0 aliphatic heterocycles. The van der Waals surface area contributed by atoms with Crippen molar-refractivity contribution < 1.29 is 0 Å². The molecule has 0 aromatic heterocycles. The molecule has 1 rings (SSSR count). The van der Waals surface area contributed by atoms with Crippen LogP contribution in [-0.2, 0) is 0 Å². The van der Waals surface area contributed by atoms with Crippen molar-refractivity contribution in [1.29, 1.82) is 0 Å². The summed E-state index contributed by atoms with van der Waals surface area (Å²) in [6.45, 7) is 0. The van der Waals surface area contributed by atoms with Crippen molar-refractivity contribution in [3.8, 4) is 0 Å². The Balaban J connectivity index is 2.61. The molecule has 11 heavy (non-hydrogen) atoms. The van der Waals surface area contributed by atoms with E-state index in [-0.39, 0.29) is 0 Å². The van der Waals surface area contributed by atoms with Gasteiger partial charge in [0, 0.05) is 6.42 Å². The summed E-state index contributed by atoms with van der Waals surface area (Å²) in [6.07, 6.45) is 22.0. The fraction of sp³-hybridized carbons (Fsp3) is 0. The van der Waals surface area contributed by atoms with E-state index in [0.29, 0.717) is 0 Å². The van der Waals surface area contributed by atoms with Crippen LogP contribution in [0.25, 0.3) is 0 Å². The molecule has 1 radical (unpaired) electrons. The number of hydrogen-bond donors (Lipinski definition) is 0. The Kier molecular flexibility index (Phi) is 3.89. The second-order valence-corrected chi connectivity index (χ2v) is 2.12. The molecule has 0 N–H and O–H groups in total. The van der Waals surface area contributed by atoms with Gasteiger partial charge in [-0.05, 0) is 0 Å². The van der Waals surface area contributed by atoms with Crippen LogP contribution in [-0.4, -0.2) is 0 Å². The zero-order valence-electron chi connectivity index (χ0n) is 6.35. The first-order chi connectivity index (χ1) is 5.50. The summed E-state index contributed by atoms with van der Waals surface area (Å²) in [6, 6.07) is 0. The second-order valence-electron chi connectivity index (χ2n) is 2.12. The van der Waals surface area contributed by atoms with Gasteiger partial charge in [0.25, 0.3) is 0 Å². The summed E-state index contributed by atoms with van der Waals surface area (Å²) in [4.78, 5) is 0. The topological polar surface area (TPSA) is 0 Å². The van der Waals surface area contributed by atoms with Gasteiger partial charge in [0.15, 0.2) is 0 Å². The van der Waals surface area contributed by atoms with E-state index in [1.165, 1.54) is 0 Å².